The molecule has 72 valence electrons. The second-order valence-corrected chi connectivity index (χ2v) is 4.07. The van der Waals surface area contributed by atoms with Crippen molar-refractivity contribution in [2.24, 2.45) is 11.8 Å². The molecule has 0 aromatic carbocycles. The first kappa shape index (κ1) is 10.3. The first-order valence-corrected chi connectivity index (χ1v) is 5.27. The SMILES string of the molecule is CC1C=CC=CC1.CC1CC=CC1. The Labute approximate surface area is 82.0 Å². The summed E-state index contributed by atoms with van der Waals surface area (Å²) in [6, 6.07) is 0. The predicted octanol–water partition coefficient (Wildman–Crippen LogP) is 4.11. The van der Waals surface area contributed by atoms with Crippen LogP contribution in [0.25, 0.3) is 0 Å². The molecule has 0 amide bonds. The van der Waals surface area contributed by atoms with Crippen LogP contribution in [-0.4, -0.2) is 0 Å². The van der Waals surface area contributed by atoms with Crippen molar-refractivity contribution in [2.45, 2.75) is 33.1 Å². The first-order chi connectivity index (χ1) is 6.29. The van der Waals surface area contributed by atoms with Crippen molar-refractivity contribution in [3.63, 3.8) is 0 Å². The van der Waals surface area contributed by atoms with Gasteiger partial charge in [-0.25, -0.2) is 0 Å². The molecule has 0 bridgehead atoms. The van der Waals surface area contributed by atoms with E-state index in [2.05, 4.69) is 50.3 Å². The van der Waals surface area contributed by atoms with Crippen LogP contribution in [0, 0.1) is 11.8 Å². The van der Waals surface area contributed by atoms with E-state index in [-0.39, 0.29) is 0 Å². The zero-order valence-electron chi connectivity index (χ0n) is 8.74. The number of rotatable bonds is 0. The molecule has 2 rings (SSSR count). The summed E-state index contributed by atoms with van der Waals surface area (Å²) in [5.74, 6) is 1.70. The molecule has 0 aromatic heterocycles. The summed E-state index contributed by atoms with van der Waals surface area (Å²) in [4.78, 5) is 0. The van der Waals surface area contributed by atoms with E-state index >= 15 is 0 Å². The summed E-state index contributed by atoms with van der Waals surface area (Å²) in [7, 11) is 0. The van der Waals surface area contributed by atoms with Gasteiger partial charge in [0.2, 0.25) is 0 Å². The van der Waals surface area contributed by atoms with Crippen molar-refractivity contribution in [3.8, 4) is 0 Å². The lowest BCUT2D eigenvalue weighted by atomic mass is 10.0. The van der Waals surface area contributed by atoms with Crippen LogP contribution in [0.1, 0.15) is 33.1 Å². The van der Waals surface area contributed by atoms with Crippen LogP contribution in [0.4, 0.5) is 0 Å². The molecule has 0 N–H and O–H groups in total. The maximum Gasteiger partial charge on any atom is -0.0224 e. The molecular weight excluding hydrogens is 156 g/mol. The Hall–Kier alpha value is -0.780. The second-order valence-electron chi connectivity index (χ2n) is 4.07. The third kappa shape index (κ3) is 4.72. The minimum Gasteiger partial charge on any atom is -0.0883 e. The third-order valence-electron chi connectivity index (χ3n) is 2.44. The molecule has 0 radical (unpaired) electrons. The van der Waals surface area contributed by atoms with Gasteiger partial charge in [0.25, 0.3) is 0 Å². The molecule has 0 heteroatoms. The van der Waals surface area contributed by atoms with Gasteiger partial charge < -0.3 is 0 Å². The van der Waals surface area contributed by atoms with Crippen LogP contribution < -0.4 is 0 Å². The Kier molecular flexibility index (Phi) is 4.59. The molecule has 0 aliphatic heterocycles. The third-order valence-corrected chi connectivity index (χ3v) is 2.44. The first-order valence-electron chi connectivity index (χ1n) is 5.27. The van der Waals surface area contributed by atoms with Crippen molar-refractivity contribution in [1.29, 1.82) is 0 Å². The van der Waals surface area contributed by atoms with Gasteiger partial charge in [-0.3, -0.25) is 0 Å². The smallest absolute Gasteiger partial charge is 0.0224 e. The molecule has 2 aliphatic rings. The fourth-order valence-corrected chi connectivity index (χ4v) is 1.46. The molecule has 1 unspecified atom stereocenters. The largest absolute Gasteiger partial charge is 0.0883 e. The molecule has 0 nitrogen and oxygen atoms in total. The van der Waals surface area contributed by atoms with Gasteiger partial charge >= 0.3 is 0 Å². The summed E-state index contributed by atoms with van der Waals surface area (Å²) in [6.45, 7) is 4.50. The maximum absolute atomic E-state index is 2.28. The van der Waals surface area contributed by atoms with Crippen molar-refractivity contribution >= 4 is 0 Å². The van der Waals surface area contributed by atoms with Crippen molar-refractivity contribution in [2.75, 3.05) is 0 Å². The Morgan fingerprint density at radius 1 is 0.846 bits per heavy atom. The summed E-state index contributed by atoms with van der Waals surface area (Å²) in [5, 5.41) is 0. The van der Waals surface area contributed by atoms with Crippen LogP contribution in [0.3, 0.4) is 0 Å². The summed E-state index contributed by atoms with van der Waals surface area (Å²) < 4.78 is 0. The topological polar surface area (TPSA) is 0 Å². The number of allylic oxidation sites excluding steroid dienone is 6. The minimum absolute atomic E-state index is 0.769. The van der Waals surface area contributed by atoms with E-state index in [9.17, 15) is 0 Å². The lowest BCUT2D eigenvalue weighted by Crippen LogP contribution is -1.87. The molecule has 2 aliphatic carbocycles. The number of hydrogen-bond donors (Lipinski definition) is 0. The lowest BCUT2D eigenvalue weighted by Gasteiger charge is -2.02. The van der Waals surface area contributed by atoms with Crippen LogP contribution in [0.5, 0.6) is 0 Å². The normalized spacial score (nSPS) is 25.8. The molecule has 0 saturated carbocycles. The zero-order valence-corrected chi connectivity index (χ0v) is 8.74. The fraction of sp³-hybridized carbons (Fsp3) is 0.538. The summed E-state index contributed by atoms with van der Waals surface area (Å²) in [6.07, 6.45) is 17.0. The number of hydrogen-bond acceptors (Lipinski definition) is 0. The molecular formula is C13H20. The highest BCUT2D eigenvalue weighted by Crippen LogP contribution is 2.15. The van der Waals surface area contributed by atoms with E-state index in [1.807, 2.05) is 0 Å². The Morgan fingerprint density at radius 2 is 1.54 bits per heavy atom. The van der Waals surface area contributed by atoms with Gasteiger partial charge in [0.15, 0.2) is 0 Å². The van der Waals surface area contributed by atoms with E-state index in [1.54, 1.807) is 0 Å². The molecule has 0 saturated heterocycles. The minimum atomic E-state index is 0.769. The van der Waals surface area contributed by atoms with E-state index in [0.29, 0.717) is 0 Å². The van der Waals surface area contributed by atoms with Crippen LogP contribution in [0.15, 0.2) is 36.5 Å². The Bertz CT molecular complexity index is 200. The highest BCUT2D eigenvalue weighted by atomic mass is 14.1. The van der Waals surface area contributed by atoms with Gasteiger partial charge in [0.1, 0.15) is 0 Å². The highest BCUT2D eigenvalue weighted by Gasteiger charge is 2.00. The van der Waals surface area contributed by atoms with Gasteiger partial charge in [-0.1, -0.05) is 50.3 Å². The van der Waals surface area contributed by atoms with Crippen LogP contribution in [-0.2, 0) is 0 Å². The summed E-state index contributed by atoms with van der Waals surface area (Å²) >= 11 is 0. The zero-order chi connectivity index (χ0) is 9.52. The highest BCUT2D eigenvalue weighted by molar-refractivity contribution is 5.09. The van der Waals surface area contributed by atoms with E-state index in [1.165, 1.54) is 19.3 Å². The molecule has 1 atom stereocenters. The predicted molar refractivity (Wildman–Crippen MR) is 59.6 cm³/mol. The van der Waals surface area contributed by atoms with Crippen molar-refractivity contribution in [1.82, 2.24) is 0 Å². The van der Waals surface area contributed by atoms with Crippen molar-refractivity contribution in [3.05, 3.63) is 36.5 Å². The Balaban J connectivity index is 0.000000132. The van der Waals surface area contributed by atoms with Crippen LogP contribution >= 0.6 is 0 Å². The molecule has 0 heterocycles. The van der Waals surface area contributed by atoms with E-state index in [4.69, 9.17) is 0 Å². The molecule has 0 aromatic rings. The standard InChI is InChI=1S/C7H10.C6H10/c1-7-5-3-2-4-6-7;1-6-4-2-3-5-6/h2-5,7H,6H2,1H3;2-3,6H,4-5H2,1H3. The lowest BCUT2D eigenvalue weighted by molar-refractivity contribution is 0.638. The fourth-order valence-electron chi connectivity index (χ4n) is 1.46. The monoisotopic (exact) mass is 176 g/mol. The van der Waals surface area contributed by atoms with E-state index < -0.39 is 0 Å². The maximum atomic E-state index is 2.28. The molecule has 0 spiro atoms. The Morgan fingerprint density at radius 3 is 1.77 bits per heavy atom. The molecule has 13 heavy (non-hydrogen) atoms. The van der Waals surface area contributed by atoms with Crippen LogP contribution in [0.2, 0.25) is 0 Å². The average molecular weight is 176 g/mol. The van der Waals surface area contributed by atoms with Gasteiger partial charge in [0, 0.05) is 0 Å². The van der Waals surface area contributed by atoms with Gasteiger partial charge in [-0.2, -0.15) is 0 Å². The van der Waals surface area contributed by atoms with Gasteiger partial charge in [-0.05, 0) is 31.1 Å². The average Bonchev–Trinajstić information content (AvgIpc) is 2.58. The second kappa shape index (κ2) is 5.80. The van der Waals surface area contributed by atoms with Gasteiger partial charge in [-0.15, -0.1) is 0 Å². The quantitative estimate of drug-likeness (QED) is 0.487. The van der Waals surface area contributed by atoms with Gasteiger partial charge in [0.05, 0.1) is 0 Å². The summed E-state index contributed by atoms with van der Waals surface area (Å²) in [5.41, 5.74) is 0. The van der Waals surface area contributed by atoms with E-state index in [0.717, 1.165) is 11.8 Å². The molecule has 0 fully saturated rings. The van der Waals surface area contributed by atoms with Crippen molar-refractivity contribution < 1.29 is 0 Å².